The van der Waals surface area contributed by atoms with E-state index in [1.54, 1.807) is 37.4 Å². The van der Waals surface area contributed by atoms with Crippen LogP contribution in [0, 0.1) is 17.1 Å². The Bertz CT molecular complexity index is 667. The molecule has 2 aromatic carbocycles. The Labute approximate surface area is 121 Å². The average Bonchev–Trinajstić information content (AvgIpc) is 2.47. The molecule has 5 heteroatoms. The van der Waals surface area contributed by atoms with Crippen molar-refractivity contribution in [2.75, 3.05) is 12.4 Å². The van der Waals surface area contributed by atoms with Crippen LogP contribution >= 0.6 is 11.6 Å². The van der Waals surface area contributed by atoms with Crippen molar-refractivity contribution in [1.82, 2.24) is 0 Å². The Kier molecular flexibility index (Phi) is 4.44. The van der Waals surface area contributed by atoms with Gasteiger partial charge in [0.15, 0.2) is 0 Å². The second kappa shape index (κ2) is 6.27. The van der Waals surface area contributed by atoms with E-state index >= 15 is 0 Å². The molecule has 2 aromatic rings. The van der Waals surface area contributed by atoms with Gasteiger partial charge in [-0.15, -0.1) is 0 Å². The predicted octanol–water partition coefficient (Wildman–Crippen LogP) is 3.97. The lowest BCUT2D eigenvalue weighted by Gasteiger charge is -2.11. The van der Waals surface area contributed by atoms with E-state index in [4.69, 9.17) is 21.6 Å². The first kappa shape index (κ1) is 14.2. The number of nitrogens with one attached hydrogen (secondary N) is 1. The zero-order valence-electron chi connectivity index (χ0n) is 10.8. The average molecular weight is 291 g/mol. The van der Waals surface area contributed by atoms with Crippen LogP contribution < -0.4 is 10.1 Å². The second-order valence-corrected chi connectivity index (χ2v) is 4.52. The molecular weight excluding hydrogens is 279 g/mol. The smallest absolute Gasteiger partial charge is 0.129 e. The first-order valence-corrected chi connectivity index (χ1v) is 6.28. The molecule has 0 atom stereocenters. The van der Waals surface area contributed by atoms with E-state index in [1.807, 2.05) is 6.07 Å². The number of anilines is 1. The fourth-order valence-corrected chi connectivity index (χ4v) is 1.90. The summed E-state index contributed by atoms with van der Waals surface area (Å²) in [6.07, 6.45) is 0. The second-order valence-electron chi connectivity index (χ2n) is 4.12. The molecule has 102 valence electrons. The van der Waals surface area contributed by atoms with Gasteiger partial charge < -0.3 is 10.1 Å². The molecule has 0 aliphatic heterocycles. The van der Waals surface area contributed by atoms with Crippen molar-refractivity contribution in [3.8, 4) is 11.8 Å². The molecule has 0 fully saturated rings. The van der Waals surface area contributed by atoms with Crippen LogP contribution in [0.15, 0.2) is 36.4 Å². The van der Waals surface area contributed by atoms with Gasteiger partial charge in [-0.2, -0.15) is 5.26 Å². The summed E-state index contributed by atoms with van der Waals surface area (Å²) in [5, 5.41) is 12.3. The van der Waals surface area contributed by atoms with Gasteiger partial charge in [0.1, 0.15) is 11.6 Å². The molecule has 0 spiro atoms. The highest BCUT2D eigenvalue weighted by molar-refractivity contribution is 6.33. The van der Waals surface area contributed by atoms with Gasteiger partial charge in [-0.05, 0) is 24.3 Å². The maximum absolute atomic E-state index is 13.7. The molecule has 0 aliphatic carbocycles. The van der Waals surface area contributed by atoms with Crippen molar-refractivity contribution in [3.05, 3.63) is 58.4 Å². The molecular formula is C15H12ClFN2O. The lowest BCUT2D eigenvalue weighted by Crippen LogP contribution is -2.03. The van der Waals surface area contributed by atoms with E-state index in [-0.39, 0.29) is 6.54 Å². The van der Waals surface area contributed by atoms with Crippen molar-refractivity contribution in [1.29, 1.82) is 5.26 Å². The van der Waals surface area contributed by atoms with Crippen LogP contribution in [-0.2, 0) is 6.54 Å². The van der Waals surface area contributed by atoms with Crippen molar-refractivity contribution in [2.24, 2.45) is 0 Å². The van der Waals surface area contributed by atoms with Crippen LogP contribution in [0.25, 0.3) is 0 Å². The fraction of sp³-hybridized carbons (Fsp3) is 0.133. The molecule has 0 aliphatic rings. The Morgan fingerprint density at radius 1 is 1.30 bits per heavy atom. The van der Waals surface area contributed by atoms with Gasteiger partial charge in [0.2, 0.25) is 0 Å². The van der Waals surface area contributed by atoms with Crippen molar-refractivity contribution in [3.63, 3.8) is 0 Å². The summed E-state index contributed by atoms with van der Waals surface area (Å²) in [6, 6.07) is 11.5. The van der Waals surface area contributed by atoms with Crippen LogP contribution in [0.1, 0.15) is 11.1 Å². The minimum absolute atomic E-state index is 0.268. The van der Waals surface area contributed by atoms with Crippen molar-refractivity contribution >= 4 is 17.3 Å². The number of hydrogen-bond donors (Lipinski definition) is 1. The summed E-state index contributed by atoms with van der Waals surface area (Å²) >= 11 is 6.05. The lowest BCUT2D eigenvalue weighted by molar-refractivity contribution is 0.415. The molecule has 3 nitrogen and oxygen atoms in total. The van der Waals surface area contributed by atoms with Gasteiger partial charge in [0.25, 0.3) is 0 Å². The molecule has 0 aromatic heterocycles. The van der Waals surface area contributed by atoms with Crippen LogP contribution in [0.4, 0.5) is 10.1 Å². The molecule has 20 heavy (non-hydrogen) atoms. The van der Waals surface area contributed by atoms with Gasteiger partial charge in [-0.3, -0.25) is 0 Å². The molecule has 0 saturated carbocycles. The summed E-state index contributed by atoms with van der Waals surface area (Å²) in [6.45, 7) is 0.268. The van der Waals surface area contributed by atoms with E-state index in [9.17, 15) is 4.39 Å². The summed E-state index contributed by atoms with van der Waals surface area (Å²) in [4.78, 5) is 0. The molecule has 1 N–H and O–H groups in total. The maximum atomic E-state index is 13.7. The maximum Gasteiger partial charge on any atom is 0.129 e. The fourth-order valence-electron chi connectivity index (χ4n) is 1.72. The zero-order valence-corrected chi connectivity index (χ0v) is 11.5. The van der Waals surface area contributed by atoms with Crippen LogP contribution in [-0.4, -0.2) is 7.11 Å². The minimum atomic E-state index is -0.421. The van der Waals surface area contributed by atoms with Crippen molar-refractivity contribution in [2.45, 2.75) is 6.54 Å². The van der Waals surface area contributed by atoms with Crippen LogP contribution in [0.2, 0.25) is 5.02 Å². The molecule has 0 amide bonds. The van der Waals surface area contributed by atoms with E-state index in [0.717, 1.165) is 0 Å². The highest BCUT2D eigenvalue weighted by Crippen LogP contribution is 2.27. The summed E-state index contributed by atoms with van der Waals surface area (Å²) in [5.74, 6) is 0.243. The summed E-state index contributed by atoms with van der Waals surface area (Å²) in [7, 11) is 1.56. The lowest BCUT2D eigenvalue weighted by atomic mass is 10.1. The number of benzene rings is 2. The number of rotatable bonds is 4. The monoisotopic (exact) mass is 290 g/mol. The summed E-state index contributed by atoms with van der Waals surface area (Å²) in [5.41, 5.74) is 1.42. The van der Waals surface area contributed by atoms with Gasteiger partial charge in [-0.25, -0.2) is 4.39 Å². The number of nitriles is 1. The minimum Gasteiger partial charge on any atom is -0.497 e. The number of ether oxygens (including phenoxy) is 1. The molecule has 0 saturated heterocycles. The zero-order chi connectivity index (χ0) is 14.5. The van der Waals surface area contributed by atoms with E-state index in [0.29, 0.717) is 27.6 Å². The summed E-state index contributed by atoms with van der Waals surface area (Å²) < 4.78 is 18.8. The molecule has 0 unspecified atom stereocenters. The van der Waals surface area contributed by atoms with Crippen molar-refractivity contribution < 1.29 is 9.13 Å². The molecule has 0 radical (unpaired) electrons. The molecule has 0 bridgehead atoms. The number of methoxy groups -OCH3 is 1. The van der Waals surface area contributed by atoms with E-state index in [1.165, 1.54) is 6.07 Å². The Hall–Kier alpha value is -2.25. The van der Waals surface area contributed by atoms with Gasteiger partial charge in [0, 0.05) is 18.2 Å². The third-order valence-electron chi connectivity index (χ3n) is 2.82. The Morgan fingerprint density at radius 2 is 2.10 bits per heavy atom. The third-order valence-corrected chi connectivity index (χ3v) is 3.15. The van der Waals surface area contributed by atoms with Gasteiger partial charge in [-0.1, -0.05) is 17.7 Å². The molecule has 0 heterocycles. The topological polar surface area (TPSA) is 45.0 Å². The van der Waals surface area contributed by atoms with E-state index < -0.39 is 5.82 Å². The SMILES string of the molecule is COc1ccc(Cl)c(NCc2ccc(C#N)cc2F)c1. The highest BCUT2D eigenvalue weighted by Gasteiger charge is 2.06. The van der Waals surface area contributed by atoms with Gasteiger partial charge >= 0.3 is 0 Å². The van der Waals surface area contributed by atoms with Crippen LogP contribution in [0.3, 0.4) is 0 Å². The van der Waals surface area contributed by atoms with E-state index in [2.05, 4.69) is 5.32 Å². The van der Waals surface area contributed by atoms with Crippen LogP contribution in [0.5, 0.6) is 5.75 Å². The normalized spacial score (nSPS) is 9.90. The molecule has 2 rings (SSSR count). The Morgan fingerprint density at radius 3 is 2.75 bits per heavy atom. The standard InChI is InChI=1S/C15H12ClFN2O/c1-20-12-4-5-13(16)15(7-12)19-9-11-3-2-10(8-18)6-14(11)17/h2-7,19H,9H2,1H3. The quantitative estimate of drug-likeness (QED) is 0.926. The first-order valence-electron chi connectivity index (χ1n) is 5.90. The highest BCUT2D eigenvalue weighted by atomic mass is 35.5. The third kappa shape index (κ3) is 3.19. The predicted molar refractivity (Wildman–Crippen MR) is 76.4 cm³/mol. The largest absolute Gasteiger partial charge is 0.497 e. The van der Waals surface area contributed by atoms with Gasteiger partial charge in [0.05, 0.1) is 29.5 Å². The Balaban J connectivity index is 2.15. The number of hydrogen-bond acceptors (Lipinski definition) is 3. The first-order chi connectivity index (χ1) is 9.63. The number of nitrogens with zero attached hydrogens (tertiary/aromatic N) is 1. The number of halogens is 2.